The molecule has 0 spiro atoms. The molecule has 0 aliphatic carbocycles. The fourth-order valence-electron chi connectivity index (χ4n) is 2.35. The second-order valence-electron chi connectivity index (χ2n) is 5.04. The predicted octanol–water partition coefficient (Wildman–Crippen LogP) is 4.22. The number of fused-ring (bicyclic) bond motifs is 1. The van der Waals surface area contributed by atoms with Crippen molar-refractivity contribution in [3.63, 3.8) is 0 Å². The van der Waals surface area contributed by atoms with Crippen LogP contribution in [0.1, 0.15) is 44.6 Å². The van der Waals surface area contributed by atoms with Gasteiger partial charge in [0.2, 0.25) is 0 Å². The Hall–Kier alpha value is -1.44. The summed E-state index contributed by atoms with van der Waals surface area (Å²) in [6.45, 7) is 2.96. The zero-order valence-corrected chi connectivity index (χ0v) is 11.1. The van der Waals surface area contributed by atoms with Crippen molar-refractivity contribution in [3.8, 4) is 11.5 Å². The Morgan fingerprint density at radius 3 is 2.89 bits per heavy atom. The van der Waals surface area contributed by atoms with Crippen LogP contribution in [-0.2, 0) is 6.42 Å². The Morgan fingerprint density at radius 2 is 2.00 bits per heavy atom. The summed E-state index contributed by atoms with van der Waals surface area (Å²) in [6.07, 6.45) is 9.02. The maximum absolute atomic E-state index is 9.55. The maximum Gasteiger partial charge on any atom is 0.122 e. The van der Waals surface area contributed by atoms with E-state index in [-0.39, 0.29) is 0 Å². The van der Waals surface area contributed by atoms with Gasteiger partial charge >= 0.3 is 0 Å². The second-order valence-corrected chi connectivity index (χ2v) is 5.04. The van der Waals surface area contributed by atoms with E-state index < -0.39 is 0 Å². The van der Waals surface area contributed by atoms with Crippen molar-refractivity contribution in [1.82, 2.24) is 0 Å². The lowest BCUT2D eigenvalue weighted by molar-refractivity contribution is 0.306. The van der Waals surface area contributed by atoms with Crippen LogP contribution in [-0.4, -0.2) is 11.7 Å². The van der Waals surface area contributed by atoms with Crippen LogP contribution < -0.4 is 4.74 Å². The molecule has 0 saturated carbocycles. The first-order valence-corrected chi connectivity index (χ1v) is 6.86. The average molecular weight is 246 g/mol. The Morgan fingerprint density at radius 1 is 1.11 bits per heavy atom. The monoisotopic (exact) mass is 246 g/mol. The number of phenols is 1. The summed E-state index contributed by atoms with van der Waals surface area (Å²) < 4.78 is 5.83. The Bertz CT molecular complexity index is 421. The average Bonchev–Trinajstić information content (AvgIpc) is 2.34. The van der Waals surface area contributed by atoms with Crippen molar-refractivity contribution < 1.29 is 9.84 Å². The van der Waals surface area contributed by atoms with Crippen LogP contribution in [0.5, 0.6) is 11.5 Å². The van der Waals surface area contributed by atoms with Gasteiger partial charge in [0.15, 0.2) is 0 Å². The van der Waals surface area contributed by atoms with Gasteiger partial charge < -0.3 is 9.84 Å². The molecule has 0 radical (unpaired) electrons. The van der Waals surface area contributed by atoms with Gasteiger partial charge in [-0.25, -0.2) is 0 Å². The van der Waals surface area contributed by atoms with Crippen molar-refractivity contribution in [2.75, 3.05) is 6.61 Å². The highest BCUT2D eigenvalue weighted by atomic mass is 16.5. The summed E-state index contributed by atoms with van der Waals surface area (Å²) in [6, 6.07) is 5.43. The molecular formula is C16H22O2. The molecular weight excluding hydrogens is 224 g/mol. The van der Waals surface area contributed by atoms with E-state index in [2.05, 4.69) is 13.0 Å². The van der Waals surface area contributed by atoms with E-state index in [1.807, 2.05) is 12.1 Å². The summed E-state index contributed by atoms with van der Waals surface area (Å²) in [4.78, 5) is 0. The largest absolute Gasteiger partial charge is 0.508 e. The highest BCUT2D eigenvalue weighted by Gasteiger charge is 2.06. The van der Waals surface area contributed by atoms with Crippen LogP contribution in [0.4, 0.5) is 0 Å². The first kappa shape index (κ1) is 13.0. The SMILES string of the molecule is CC1=CCCCCc2cc(O)ccc2OCCC1. The number of benzene rings is 1. The first-order valence-electron chi connectivity index (χ1n) is 6.86. The quantitative estimate of drug-likeness (QED) is 0.694. The molecule has 1 aromatic rings. The number of hydrogen-bond donors (Lipinski definition) is 1. The van der Waals surface area contributed by atoms with E-state index in [4.69, 9.17) is 4.74 Å². The minimum Gasteiger partial charge on any atom is -0.508 e. The Balaban J connectivity index is 2.08. The van der Waals surface area contributed by atoms with Gasteiger partial charge in [0.25, 0.3) is 0 Å². The first-order chi connectivity index (χ1) is 8.75. The van der Waals surface area contributed by atoms with Gasteiger partial charge in [0.05, 0.1) is 6.61 Å². The number of ether oxygens (including phenoxy) is 1. The van der Waals surface area contributed by atoms with Crippen molar-refractivity contribution in [1.29, 1.82) is 0 Å². The molecule has 0 atom stereocenters. The predicted molar refractivity (Wildman–Crippen MR) is 74.1 cm³/mol. The third kappa shape index (κ3) is 3.80. The zero-order valence-electron chi connectivity index (χ0n) is 11.1. The van der Waals surface area contributed by atoms with Crippen LogP contribution in [0.3, 0.4) is 0 Å². The molecule has 1 aliphatic rings. The van der Waals surface area contributed by atoms with E-state index in [9.17, 15) is 5.11 Å². The summed E-state index contributed by atoms with van der Waals surface area (Å²) in [5.41, 5.74) is 2.61. The van der Waals surface area contributed by atoms with Gasteiger partial charge in [-0.2, -0.15) is 0 Å². The highest BCUT2D eigenvalue weighted by molar-refractivity contribution is 5.39. The highest BCUT2D eigenvalue weighted by Crippen LogP contribution is 2.26. The standard InChI is InChI=1S/C16H22O2/c1-13-6-3-2-4-8-14-12-15(17)9-10-16(14)18-11-5-7-13/h6,9-10,12,17H,2-5,7-8,11H2,1H3. The molecule has 2 rings (SSSR count). The number of phenolic OH excluding ortho intramolecular Hbond substituents is 1. The van der Waals surface area contributed by atoms with Crippen molar-refractivity contribution in [2.24, 2.45) is 0 Å². The number of allylic oxidation sites excluding steroid dienone is 2. The maximum atomic E-state index is 9.55. The van der Waals surface area contributed by atoms with Crippen molar-refractivity contribution >= 4 is 0 Å². The molecule has 1 N–H and O–H groups in total. The molecule has 0 saturated heterocycles. The Labute approximate surface area is 109 Å². The molecule has 1 aromatic carbocycles. The summed E-state index contributed by atoms with van der Waals surface area (Å²) in [7, 11) is 0. The number of aryl methyl sites for hydroxylation is 1. The van der Waals surface area contributed by atoms with Crippen molar-refractivity contribution in [3.05, 3.63) is 35.4 Å². The third-order valence-electron chi connectivity index (χ3n) is 3.41. The lowest BCUT2D eigenvalue weighted by Gasteiger charge is -2.13. The molecule has 18 heavy (non-hydrogen) atoms. The fraction of sp³-hybridized carbons (Fsp3) is 0.500. The van der Waals surface area contributed by atoms with Crippen LogP contribution in [0.15, 0.2) is 29.8 Å². The normalized spacial score (nSPS) is 17.7. The van der Waals surface area contributed by atoms with Crippen LogP contribution in [0.25, 0.3) is 0 Å². The molecule has 0 bridgehead atoms. The number of aromatic hydroxyl groups is 1. The summed E-state index contributed by atoms with van der Waals surface area (Å²) >= 11 is 0. The topological polar surface area (TPSA) is 29.5 Å². The van der Waals surface area contributed by atoms with Crippen LogP contribution >= 0.6 is 0 Å². The van der Waals surface area contributed by atoms with E-state index in [1.165, 1.54) is 18.4 Å². The summed E-state index contributed by atoms with van der Waals surface area (Å²) in [5, 5.41) is 9.55. The molecule has 2 nitrogen and oxygen atoms in total. The molecule has 1 aliphatic heterocycles. The molecule has 98 valence electrons. The summed E-state index contributed by atoms with van der Waals surface area (Å²) in [5.74, 6) is 1.27. The van der Waals surface area contributed by atoms with Gasteiger partial charge in [-0.3, -0.25) is 0 Å². The van der Waals surface area contributed by atoms with Gasteiger partial charge in [-0.05, 0) is 69.2 Å². The molecule has 0 aromatic heterocycles. The molecule has 1 heterocycles. The van der Waals surface area contributed by atoms with E-state index in [0.29, 0.717) is 5.75 Å². The van der Waals surface area contributed by atoms with Gasteiger partial charge in [-0.1, -0.05) is 11.6 Å². The lowest BCUT2D eigenvalue weighted by atomic mass is 10.0. The molecule has 0 fully saturated rings. The minimum absolute atomic E-state index is 0.334. The van der Waals surface area contributed by atoms with Crippen LogP contribution in [0, 0.1) is 0 Å². The van der Waals surface area contributed by atoms with E-state index in [1.54, 1.807) is 6.07 Å². The van der Waals surface area contributed by atoms with Gasteiger partial charge in [0, 0.05) is 0 Å². The second kappa shape index (κ2) is 6.48. The van der Waals surface area contributed by atoms with Gasteiger partial charge in [0.1, 0.15) is 11.5 Å². The van der Waals surface area contributed by atoms with Gasteiger partial charge in [-0.15, -0.1) is 0 Å². The van der Waals surface area contributed by atoms with Crippen molar-refractivity contribution in [2.45, 2.75) is 45.4 Å². The Kier molecular flexibility index (Phi) is 4.68. The molecule has 2 heteroatoms. The smallest absolute Gasteiger partial charge is 0.122 e. The zero-order chi connectivity index (χ0) is 12.8. The molecule has 0 unspecified atom stereocenters. The minimum atomic E-state index is 0.334. The number of hydrogen-bond acceptors (Lipinski definition) is 2. The van der Waals surface area contributed by atoms with E-state index >= 15 is 0 Å². The number of rotatable bonds is 0. The van der Waals surface area contributed by atoms with E-state index in [0.717, 1.165) is 43.6 Å². The third-order valence-corrected chi connectivity index (χ3v) is 3.41. The van der Waals surface area contributed by atoms with Crippen LogP contribution in [0.2, 0.25) is 0 Å². The fourth-order valence-corrected chi connectivity index (χ4v) is 2.35. The lowest BCUT2D eigenvalue weighted by Crippen LogP contribution is -2.01. The molecule has 0 amide bonds.